The molecule has 0 saturated heterocycles. The predicted octanol–water partition coefficient (Wildman–Crippen LogP) is 13.6. The van der Waals surface area contributed by atoms with Crippen LogP contribution in [0.5, 0.6) is 0 Å². The normalized spacial score (nSPS) is 12.9. The molecule has 0 aromatic rings. The van der Waals surface area contributed by atoms with Gasteiger partial charge in [-0.1, -0.05) is 186 Å². The minimum absolute atomic E-state index is 0.0478. The maximum Gasteiger partial charge on any atom is 0.305 e. The van der Waals surface area contributed by atoms with Gasteiger partial charge >= 0.3 is 5.97 Å². The van der Waals surface area contributed by atoms with Gasteiger partial charge < -0.3 is 20.3 Å². The maximum atomic E-state index is 12.4. The first-order valence-corrected chi connectivity index (χ1v) is 23.6. The Balaban J connectivity index is 3.55. The minimum atomic E-state index is -0.685. The molecule has 6 nitrogen and oxygen atoms in total. The van der Waals surface area contributed by atoms with Crippen LogP contribution < -0.4 is 5.32 Å². The lowest BCUT2D eigenvalue weighted by Gasteiger charge is -2.22. The average Bonchev–Trinajstić information content (AvgIpc) is 3.17. The van der Waals surface area contributed by atoms with E-state index in [1.165, 1.54) is 135 Å². The lowest BCUT2D eigenvalue weighted by molar-refractivity contribution is -0.143. The molecule has 0 aromatic heterocycles. The summed E-state index contributed by atoms with van der Waals surface area (Å²) >= 11 is 0. The monoisotopic (exact) mass is 762 g/mol. The number of aliphatic hydroxyl groups is 2. The van der Waals surface area contributed by atoms with Crippen molar-refractivity contribution in [3.8, 4) is 0 Å². The Hall–Kier alpha value is -1.66. The van der Waals surface area contributed by atoms with Crippen LogP contribution in [0, 0.1) is 0 Å². The van der Waals surface area contributed by atoms with Crippen molar-refractivity contribution in [2.24, 2.45) is 0 Å². The van der Waals surface area contributed by atoms with Crippen LogP contribution in [0.4, 0.5) is 0 Å². The third-order valence-corrected chi connectivity index (χ3v) is 10.7. The van der Waals surface area contributed by atoms with Gasteiger partial charge in [-0.05, 0) is 70.6 Å². The van der Waals surface area contributed by atoms with Crippen molar-refractivity contribution in [3.05, 3.63) is 24.3 Å². The molecule has 318 valence electrons. The predicted molar refractivity (Wildman–Crippen MR) is 232 cm³/mol. The van der Waals surface area contributed by atoms with E-state index in [2.05, 4.69) is 43.5 Å². The Morgan fingerprint density at radius 1 is 0.500 bits per heavy atom. The molecule has 0 radical (unpaired) electrons. The number of carbonyl (C=O) groups is 2. The highest BCUT2D eigenvalue weighted by Gasteiger charge is 2.20. The Kier molecular flexibility index (Phi) is 42.7. The van der Waals surface area contributed by atoms with Gasteiger partial charge in [0.1, 0.15) is 0 Å². The Bertz CT molecular complexity index is 843. The molecule has 2 unspecified atom stereocenters. The molecule has 3 N–H and O–H groups in total. The number of amides is 1. The molecule has 0 saturated carbocycles. The van der Waals surface area contributed by atoms with Crippen molar-refractivity contribution in [2.75, 3.05) is 13.2 Å². The summed E-state index contributed by atoms with van der Waals surface area (Å²) < 4.78 is 5.40. The van der Waals surface area contributed by atoms with Crippen LogP contribution in [-0.2, 0) is 14.3 Å². The molecule has 0 rings (SSSR count). The second-order valence-corrected chi connectivity index (χ2v) is 16.1. The first kappa shape index (κ1) is 52.3. The summed E-state index contributed by atoms with van der Waals surface area (Å²) in [5.74, 6) is -0.119. The molecule has 0 aliphatic rings. The molecule has 2 atom stereocenters. The van der Waals surface area contributed by atoms with Crippen LogP contribution in [0.3, 0.4) is 0 Å². The molecule has 0 fully saturated rings. The van der Waals surface area contributed by atoms with Crippen molar-refractivity contribution in [1.29, 1.82) is 0 Å². The highest BCUT2D eigenvalue weighted by Crippen LogP contribution is 2.16. The van der Waals surface area contributed by atoms with Crippen molar-refractivity contribution >= 4 is 11.9 Å². The quantitative estimate of drug-likeness (QED) is 0.0327. The third kappa shape index (κ3) is 40.0. The highest BCUT2D eigenvalue weighted by molar-refractivity contribution is 5.76. The molecule has 0 spiro atoms. The van der Waals surface area contributed by atoms with E-state index in [-0.39, 0.29) is 18.5 Å². The molecule has 0 aromatic carbocycles. The van der Waals surface area contributed by atoms with Crippen molar-refractivity contribution < 1.29 is 24.5 Å². The topological polar surface area (TPSA) is 95.9 Å². The second-order valence-electron chi connectivity index (χ2n) is 16.1. The van der Waals surface area contributed by atoms with E-state index in [1.54, 1.807) is 0 Å². The maximum absolute atomic E-state index is 12.4. The van der Waals surface area contributed by atoms with Crippen LogP contribution in [0.2, 0.25) is 0 Å². The SMILES string of the molecule is CCCC/C=C\CCCCCCCC(=O)OCCCC/C=C\CCCCCCC(=O)NC(CO)C(O)CCCCCCCCCCCCCCCCCC. The van der Waals surface area contributed by atoms with Crippen LogP contribution >= 0.6 is 0 Å². The molecule has 0 bridgehead atoms. The zero-order valence-electron chi connectivity index (χ0n) is 36.0. The van der Waals surface area contributed by atoms with Crippen LogP contribution in [-0.4, -0.2) is 47.4 Å². The number of hydrogen-bond donors (Lipinski definition) is 3. The lowest BCUT2D eigenvalue weighted by Crippen LogP contribution is -2.45. The first-order valence-electron chi connectivity index (χ1n) is 23.6. The number of nitrogens with one attached hydrogen (secondary N) is 1. The number of aliphatic hydroxyl groups excluding tert-OH is 2. The van der Waals surface area contributed by atoms with Crippen LogP contribution in [0.25, 0.3) is 0 Å². The number of carbonyl (C=O) groups excluding carboxylic acids is 2. The van der Waals surface area contributed by atoms with Crippen LogP contribution in [0.1, 0.15) is 245 Å². The van der Waals surface area contributed by atoms with Crippen molar-refractivity contribution in [2.45, 2.75) is 257 Å². The summed E-state index contributed by atoms with van der Waals surface area (Å²) in [5, 5.41) is 23.2. The van der Waals surface area contributed by atoms with Gasteiger partial charge in [-0.2, -0.15) is 0 Å². The fourth-order valence-electron chi connectivity index (χ4n) is 7.02. The summed E-state index contributed by atoms with van der Waals surface area (Å²) in [6.07, 6.45) is 49.9. The molecule has 0 aliphatic carbocycles. The summed E-state index contributed by atoms with van der Waals surface area (Å²) in [7, 11) is 0. The van der Waals surface area contributed by atoms with Gasteiger partial charge in [0.2, 0.25) is 5.91 Å². The summed E-state index contributed by atoms with van der Waals surface area (Å²) in [6.45, 7) is 4.82. The van der Waals surface area contributed by atoms with Gasteiger partial charge in [0.05, 0.1) is 25.4 Å². The summed E-state index contributed by atoms with van der Waals surface area (Å²) in [4.78, 5) is 24.4. The molecule has 6 heteroatoms. The minimum Gasteiger partial charge on any atom is -0.466 e. The molecular formula is C48H91NO5. The standard InChI is InChI=1S/C48H91NO5/c1-3-5-7-9-11-13-15-16-17-18-19-21-24-28-32-36-40-46(51)45(44-50)49-47(52)41-37-33-29-25-22-23-27-31-35-39-43-54-48(53)42-38-34-30-26-20-14-12-10-8-6-4-2/h10,12,23,27,45-46,50-51H,3-9,11,13-22,24-26,28-44H2,1-2H3,(H,49,52)/b12-10-,27-23-. The summed E-state index contributed by atoms with van der Waals surface area (Å²) in [5.41, 5.74) is 0. The van der Waals surface area contributed by atoms with E-state index in [0.29, 0.717) is 25.9 Å². The zero-order chi connectivity index (χ0) is 39.4. The molecular weight excluding hydrogens is 671 g/mol. The molecule has 0 aliphatic heterocycles. The highest BCUT2D eigenvalue weighted by atomic mass is 16.5. The molecule has 1 amide bonds. The number of esters is 1. The van der Waals surface area contributed by atoms with E-state index in [0.717, 1.165) is 77.0 Å². The van der Waals surface area contributed by atoms with Gasteiger partial charge in [-0.3, -0.25) is 9.59 Å². The summed E-state index contributed by atoms with van der Waals surface area (Å²) in [6, 6.07) is -0.566. The van der Waals surface area contributed by atoms with E-state index < -0.39 is 12.1 Å². The molecule has 54 heavy (non-hydrogen) atoms. The Morgan fingerprint density at radius 2 is 0.889 bits per heavy atom. The van der Waals surface area contributed by atoms with E-state index in [9.17, 15) is 19.8 Å². The van der Waals surface area contributed by atoms with Gasteiger partial charge in [-0.25, -0.2) is 0 Å². The van der Waals surface area contributed by atoms with Crippen molar-refractivity contribution in [3.63, 3.8) is 0 Å². The largest absolute Gasteiger partial charge is 0.466 e. The number of allylic oxidation sites excluding steroid dienone is 4. The molecule has 0 heterocycles. The van der Waals surface area contributed by atoms with Crippen molar-refractivity contribution in [1.82, 2.24) is 5.32 Å². The third-order valence-electron chi connectivity index (χ3n) is 10.7. The number of unbranched alkanes of at least 4 members (excludes halogenated alkanes) is 28. The zero-order valence-corrected chi connectivity index (χ0v) is 36.0. The van der Waals surface area contributed by atoms with E-state index >= 15 is 0 Å². The lowest BCUT2D eigenvalue weighted by atomic mass is 10.0. The average molecular weight is 762 g/mol. The number of hydrogen-bond acceptors (Lipinski definition) is 5. The fourth-order valence-corrected chi connectivity index (χ4v) is 7.02. The first-order chi connectivity index (χ1) is 26.5. The van der Waals surface area contributed by atoms with E-state index in [4.69, 9.17) is 4.74 Å². The second kappa shape index (κ2) is 44.1. The smallest absolute Gasteiger partial charge is 0.305 e. The van der Waals surface area contributed by atoms with Gasteiger partial charge in [0.15, 0.2) is 0 Å². The Labute approximate surface area is 335 Å². The number of rotatable bonds is 43. The van der Waals surface area contributed by atoms with Gasteiger partial charge in [0.25, 0.3) is 0 Å². The fraction of sp³-hybridized carbons (Fsp3) is 0.875. The van der Waals surface area contributed by atoms with Crippen LogP contribution in [0.15, 0.2) is 24.3 Å². The van der Waals surface area contributed by atoms with Gasteiger partial charge in [0, 0.05) is 12.8 Å². The Morgan fingerprint density at radius 3 is 1.37 bits per heavy atom. The number of ether oxygens (including phenoxy) is 1. The van der Waals surface area contributed by atoms with Gasteiger partial charge in [-0.15, -0.1) is 0 Å². The van der Waals surface area contributed by atoms with E-state index in [1.807, 2.05) is 0 Å².